The van der Waals surface area contributed by atoms with Crippen molar-refractivity contribution in [3.05, 3.63) is 52.6 Å². The van der Waals surface area contributed by atoms with Crippen LogP contribution in [0.25, 0.3) is 11.2 Å². The molecule has 4 atom stereocenters. The molecule has 43 heavy (non-hydrogen) atoms. The number of aliphatic hydroxyl groups excluding tert-OH is 1. The molecule has 234 valence electrons. The number of nitrogens with one attached hydrogen (secondary N) is 2. The highest BCUT2D eigenvalue weighted by molar-refractivity contribution is 6.74. The standard InChI is InChI=1S/C31H45N5O6Si/c1-9-31(30(15-16-30)42-43(7,8)29(4,5)6)23(40-17-20-13-11-10-12-14-20)22(37)27(41-31)36-18-32-21-24(36)33-28(35-26(21)39)34-25(38)19(2)3/h10-14,18-19,22-23,27,37H,9,15-17H2,1-8H3,(H2,33,34,35,38,39)/t22-,23?,27+,31-/m0/s1. The van der Waals surface area contributed by atoms with Gasteiger partial charge in [-0.15, -0.1) is 0 Å². The number of imidazole rings is 1. The minimum Gasteiger partial charge on any atom is -0.408 e. The van der Waals surface area contributed by atoms with Gasteiger partial charge in [-0.2, -0.15) is 4.98 Å². The summed E-state index contributed by atoms with van der Waals surface area (Å²) in [6, 6.07) is 9.83. The number of rotatable bonds is 10. The molecule has 2 aliphatic rings. The van der Waals surface area contributed by atoms with Gasteiger partial charge in [-0.05, 0) is 43.0 Å². The number of benzene rings is 1. The van der Waals surface area contributed by atoms with Crippen molar-refractivity contribution >= 4 is 31.3 Å². The quantitative estimate of drug-likeness (QED) is 0.275. The summed E-state index contributed by atoms with van der Waals surface area (Å²) in [5, 5.41) is 14.6. The maximum absolute atomic E-state index is 12.9. The molecule has 0 spiro atoms. The summed E-state index contributed by atoms with van der Waals surface area (Å²) in [5.74, 6) is -0.596. The fourth-order valence-electron chi connectivity index (χ4n) is 5.76. The second-order valence-corrected chi connectivity index (χ2v) is 18.4. The average molecular weight is 612 g/mol. The number of nitrogens with zero attached hydrogens (tertiary/aromatic N) is 3. The molecule has 1 saturated carbocycles. The highest BCUT2D eigenvalue weighted by atomic mass is 28.4. The number of amides is 1. The van der Waals surface area contributed by atoms with Crippen LogP contribution in [0.3, 0.4) is 0 Å². The minimum atomic E-state index is -2.25. The van der Waals surface area contributed by atoms with Crippen molar-refractivity contribution in [2.45, 2.75) is 115 Å². The van der Waals surface area contributed by atoms with Gasteiger partial charge in [0.1, 0.15) is 17.8 Å². The number of hydrogen-bond acceptors (Lipinski definition) is 8. The van der Waals surface area contributed by atoms with Crippen molar-refractivity contribution in [3.8, 4) is 0 Å². The molecule has 3 heterocycles. The number of hydrogen-bond donors (Lipinski definition) is 3. The minimum absolute atomic E-state index is 0.00370. The number of anilines is 1. The van der Waals surface area contributed by atoms with Gasteiger partial charge in [0.2, 0.25) is 11.9 Å². The van der Waals surface area contributed by atoms with Crippen LogP contribution in [0.5, 0.6) is 0 Å². The molecule has 12 heteroatoms. The molecule has 1 saturated heterocycles. The molecule has 1 aliphatic carbocycles. The van der Waals surface area contributed by atoms with Crippen molar-refractivity contribution in [1.82, 2.24) is 19.5 Å². The van der Waals surface area contributed by atoms with Crippen molar-refractivity contribution in [2.24, 2.45) is 5.92 Å². The monoisotopic (exact) mass is 611 g/mol. The highest BCUT2D eigenvalue weighted by Crippen LogP contribution is 2.61. The largest absolute Gasteiger partial charge is 0.408 e. The van der Waals surface area contributed by atoms with Crippen molar-refractivity contribution in [3.63, 3.8) is 0 Å². The summed E-state index contributed by atoms with van der Waals surface area (Å²) in [6.45, 7) is 16.9. The molecule has 0 bridgehead atoms. The number of carbonyl (C=O) groups is 1. The maximum Gasteiger partial charge on any atom is 0.280 e. The lowest BCUT2D eigenvalue weighted by molar-refractivity contribution is -0.184. The zero-order chi connectivity index (χ0) is 31.4. The second kappa shape index (κ2) is 11.2. The zero-order valence-corrected chi connectivity index (χ0v) is 27.4. The van der Waals surface area contributed by atoms with Gasteiger partial charge >= 0.3 is 0 Å². The van der Waals surface area contributed by atoms with E-state index in [9.17, 15) is 14.7 Å². The van der Waals surface area contributed by atoms with E-state index in [-0.39, 0.29) is 40.6 Å². The van der Waals surface area contributed by atoms with Gasteiger partial charge < -0.3 is 19.0 Å². The summed E-state index contributed by atoms with van der Waals surface area (Å²) in [7, 11) is -2.25. The normalized spacial score (nSPS) is 25.4. The molecular formula is C31H45N5O6Si. The van der Waals surface area contributed by atoms with Crippen LogP contribution in [0, 0.1) is 5.92 Å². The van der Waals surface area contributed by atoms with E-state index in [4.69, 9.17) is 13.9 Å². The van der Waals surface area contributed by atoms with Crippen LogP contribution in [0.15, 0.2) is 41.5 Å². The lowest BCUT2D eigenvalue weighted by Gasteiger charge is -2.47. The second-order valence-electron chi connectivity index (χ2n) is 13.7. The van der Waals surface area contributed by atoms with Crippen LogP contribution in [0.1, 0.15) is 72.6 Å². The van der Waals surface area contributed by atoms with Crippen molar-refractivity contribution < 1.29 is 23.8 Å². The van der Waals surface area contributed by atoms with Crippen LogP contribution >= 0.6 is 0 Å². The average Bonchev–Trinajstić information content (AvgIpc) is 3.48. The van der Waals surface area contributed by atoms with E-state index in [0.29, 0.717) is 6.42 Å². The summed E-state index contributed by atoms with van der Waals surface area (Å²) in [4.78, 5) is 36.7. The molecule has 3 N–H and O–H groups in total. The van der Waals surface area contributed by atoms with Gasteiger partial charge in [0, 0.05) is 5.92 Å². The molecule has 2 aromatic heterocycles. The Balaban J connectivity index is 1.57. The molecule has 2 fully saturated rings. The number of H-pyrrole nitrogens is 1. The molecule has 1 aromatic carbocycles. The van der Waals surface area contributed by atoms with Gasteiger partial charge in [-0.1, -0.05) is 71.9 Å². The molecule has 0 radical (unpaired) electrons. The summed E-state index contributed by atoms with van der Waals surface area (Å²) < 4.78 is 22.3. The van der Waals surface area contributed by atoms with E-state index in [1.54, 1.807) is 18.4 Å². The van der Waals surface area contributed by atoms with Gasteiger partial charge in [0.15, 0.2) is 25.7 Å². The Labute approximate surface area is 253 Å². The van der Waals surface area contributed by atoms with Crippen molar-refractivity contribution in [1.29, 1.82) is 0 Å². The van der Waals surface area contributed by atoms with Crippen LogP contribution < -0.4 is 10.9 Å². The Morgan fingerprint density at radius 3 is 2.51 bits per heavy atom. The SMILES string of the molecule is CC[C@]1(C2(O[Si](C)(C)C(C)(C)C)CC2)O[C@@H](n2cnc3c(=O)[nH]c(NC(=O)C(C)C)nc32)[C@@H](O)C1OCc1ccccc1. The number of fused-ring (bicyclic) bond motifs is 1. The Kier molecular flexibility index (Phi) is 8.23. The van der Waals surface area contributed by atoms with Crippen molar-refractivity contribution in [2.75, 3.05) is 5.32 Å². The molecule has 1 unspecified atom stereocenters. The summed E-state index contributed by atoms with van der Waals surface area (Å²) in [6.07, 6.45) is 0.714. The van der Waals surface area contributed by atoms with Gasteiger partial charge in [-0.3, -0.25) is 24.5 Å². The summed E-state index contributed by atoms with van der Waals surface area (Å²) in [5.41, 5.74) is -0.879. The lowest BCUT2D eigenvalue weighted by Crippen LogP contribution is -2.60. The van der Waals surface area contributed by atoms with E-state index in [1.807, 2.05) is 37.3 Å². The predicted octanol–water partition coefficient (Wildman–Crippen LogP) is 4.89. The van der Waals surface area contributed by atoms with E-state index >= 15 is 0 Å². The number of aromatic nitrogens is 4. The fraction of sp³-hybridized carbons (Fsp3) is 0.613. The van der Waals surface area contributed by atoms with Crippen LogP contribution in [0.2, 0.25) is 18.1 Å². The Hall–Kier alpha value is -2.90. The summed E-state index contributed by atoms with van der Waals surface area (Å²) >= 11 is 0. The first kappa shape index (κ1) is 31.5. The first-order valence-electron chi connectivity index (χ1n) is 15.1. The Bertz CT molecular complexity index is 1530. The third-order valence-corrected chi connectivity index (χ3v) is 13.9. The number of carbonyl (C=O) groups excluding carboxylic acids is 1. The predicted molar refractivity (Wildman–Crippen MR) is 166 cm³/mol. The first-order valence-corrected chi connectivity index (χ1v) is 18.0. The Morgan fingerprint density at radius 1 is 1.26 bits per heavy atom. The topological polar surface area (TPSA) is 141 Å². The third-order valence-electron chi connectivity index (χ3n) is 9.40. The highest BCUT2D eigenvalue weighted by Gasteiger charge is 2.72. The van der Waals surface area contributed by atoms with Gasteiger partial charge in [0.05, 0.1) is 18.5 Å². The molecule has 3 aromatic rings. The van der Waals surface area contributed by atoms with Gasteiger partial charge in [-0.25, -0.2) is 4.98 Å². The molecule has 5 rings (SSSR count). The Morgan fingerprint density at radius 2 is 1.93 bits per heavy atom. The van der Waals surface area contributed by atoms with E-state index < -0.39 is 43.5 Å². The number of aromatic amines is 1. The smallest absolute Gasteiger partial charge is 0.280 e. The van der Waals surface area contributed by atoms with E-state index in [1.165, 1.54) is 6.33 Å². The molecule has 11 nitrogen and oxygen atoms in total. The fourth-order valence-corrected chi connectivity index (χ4v) is 7.42. The molecule has 1 aliphatic heterocycles. The number of ether oxygens (including phenoxy) is 2. The van der Waals surface area contributed by atoms with Crippen LogP contribution in [-0.2, 0) is 25.3 Å². The van der Waals surface area contributed by atoms with Gasteiger partial charge in [0.25, 0.3) is 5.56 Å². The lowest BCUT2D eigenvalue weighted by atomic mass is 9.84. The van der Waals surface area contributed by atoms with E-state index in [0.717, 1.165) is 18.4 Å². The maximum atomic E-state index is 12.9. The molecular weight excluding hydrogens is 566 g/mol. The van der Waals surface area contributed by atoms with Crippen LogP contribution in [-0.4, -0.2) is 62.3 Å². The number of aliphatic hydroxyl groups is 1. The van der Waals surface area contributed by atoms with Crippen LogP contribution in [0.4, 0.5) is 5.95 Å². The molecule has 1 amide bonds. The zero-order valence-electron chi connectivity index (χ0n) is 26.4. The third kappa shape index (κ3) is 5.59. The van der Waals surface area contributed by atoms with E-state index in [2.05, 4.69) is 54.1 Å². The first-order chi connectivity index (χ1) is 20.1.